The van der Waals surface area contributed by atoms with Gasteiger partial charge in [-0.2, -0.15) is 0 Å². The Bertz CT molecular complexity index is 674. The molecule has 0 saturated carbocycles. The Morgan fingerprint density at radius 3 is 3.06 bits per heavy atom. The van der Waals surface area contributed by atoms with Crippen molar-refractivity contribution in [3.63, 3.8) is 0 Å². The zero-order valence-corrected chi connectivity index (χ0v) is 9.82. The molecule has 2 N–H and O–H groups in total. The molecule has 0 radical (unpaired) electrons. The minimum Gasteiger partial charge on any atom is -0.330 e. The predicted octanol–water partition coefficient (Wildman–Crippen LogP) is 1.32. The first-order valence-electron chi connectivity index (χ1n) is 5.83. The van der Waals surface area contributed by atoms with Crippen molar-refractivity contribution in [2.75, 3.05) is 6.54 Å². The highest BCUT2D eigenvalue weighted by molar-refractivity contribution is 5.80. The monoisotopic (exact) mass is 239 g/mol. The quantitative estimate of drug-likeness (QED) is 0.748. The lowest BCUT2D eigenvalue weighted by Crippen LogP contribution is -2.02. The minimum absolute atomic E-state index is 0.584. The Hall–Kier alpha value is -2.27. The van der Waals surface area contributed by atoms with E-state index >= 15 is 0 Å². The molecule has 2 aromatic heterocycles. The van der Waals surface area contributed by atoms with E-state index in [0.29, 0.717) is 6.54 Å². The first-order valence-corrected chi connectivity index (χ1v) is 5.83. The second-order valence-corrected chi connectivity index (χ2v) is 4.07. The normalized spacial score (nSPS) is 10.9. The van der Waals surface area contributed by atoms with E-state index in [0.717, 1.165) is 28.7 Å². The molecule has 0 aliphatic carbocycles. The molecule has 1 aromatic carbocycles. The Morgan fingerprint density at radius 2 is 2.17 bits per heavy atom. The maximum absolute atomic E-state index is 5.50. The van der Waals surface area contributed by atoms with Gasteiger partial charge >= 0.3 is 0 Å². The van der Waals surface area contributed by atoms with Crippen LogP contribution in [-0.2, 0) is 6.42 Å². The molecule has 3 rings (SSSR count). The number of fused-ring (bicyclic) bond motifs is 1. The number of hydrogen-bond donors (Lipinski definition) is 1. The first kappa shape index (κ1) is 10.9. The Kier molecular flexibility index (Phi) is 2.74. The lowest BCUT2D eigenvalue weighted by molar-refractivity contribution is 0.795. The summed E-state index contributed by atoms with van der Waals surface area (Å²) in [4.78, 5) is 4.29. The van der Waals surface area contributed by atoms with E-state index in [9.17, 15) is 0 Å². The van der Waals surface area contributed by atoms with Crippen LogP contribution in [-0.4, -0.2) is 26.5 Å². The van der Waals surface area contributed by atoms with Gasteiger partial charge in [-0.15, -0.1) is 5.10 Å². The van der Waals surface area contributed by atoms with E-state index in [1.54, 1.807) is 10.9 Å². The van der Waals surface area contributed by atoms with Crippen LogP contribution in [0.4, 0.5) is 0 Å². The molecule has 0 fully saturated rings. The van der Waals surface area contributed by atoms with Gasteiger partial charge in [0.2, 0.25) is 0 Å². The molecule has 3 aromatic rings. The van der Waals surface area contributed by atoms with E-state index in [1.807, 2.05) is 36.5 Å². The molecule has 0 aliphatic heterocycles. The van der Waals surface area contributed by atoms with Gasteiger partial charge in [0.15, 0.2) is 0 Å². The molecule has 0 saturated heterocycles. The predicted molar refractivity (Wildman–Crippen MR) is 69.4 cm³/mol. The highest BCUT2D eigenvalue weighted by atomic mass is 15.4. The van der Waals surface area contributed by atoms with Crippen molar-refractivity contribution in [1.29, 1.82) is 0 Å². The number of aromatic nitrogens is 4. The second kappa shape index (κ2) is 4.54. The van der Waals surface area contributed by atoms with Crippen molar-refractivity contribution in [1.82, 2.24) is 20.0 Å². The molecular weight excluding hydrogens is 226 g/mol. The molecule has 5 heteroatoms. The number of benzene rings is 1. The van der Waals surface area contributed by atoms with Gasteiger partial charge in [0.05, 0.1) is 23.1 Å². The summed E-state index contributed by atoms with van der Waals surface area (Å²) in [7, 11) is 0. The van der Waals surface area contributed by atoms with Gasteiger partial charge in [-0.25, -0.2) is 4.68 Å². The third-order valence-electron chi connectivity index (χ3n) is 2.79. The fraction of sp³-hybridized carbons (Fsp3) is 0.154. The summed E-state index contributed by atoms with van der Waals surface area (Å²) in [6.07, 6.45) is 4.44. The molecule has 0 aliphatic rings. The average Bonchev–Trinajstić information content (AvgIpc) is 2.87. The van der Waals surface area contributed by atoms with Gasteiger partial charge in [0, 0.05) is 18.0 Å². The number of nitrogens with two attached hydrogens (primary N) is 1. The summed E-state index contributed by atoms with van der Waals surface area (Å²) in [5, 5.41) is 9.27. The summed E-state index contributed by atoms with van der Waals surface area (Å²) in [5.41, 5.74) is 8.36. The summed E-state index contributed by atoms with van der Waals surface area (Å²) >= 11 is 0. The molecule has 0 atom stereocenters. The highest BCUT2D eigenvalue weighted by Crippen LogP contribution is 2.16. The average molecular weight is 239 g/mol. The van der Waals surface area contributed by atoms with E-state index < -0.39 is 0 Å². The summed E-state index contributed by atoms with van der Waals surface area (Å²) in [6.45, 7) is 0.584. The molecule has 2 heterocycles. The van der Waals surface area contributed by atoms with E-state index in [2.05, 4.69) is 15.3 Å². The zero-order chi connectivity index (χ0) is 12.4. The number of hydrogen-bond acceptors (Lipinski definition) is 4. The first-order chi connectivity index (χ1) is 8.86. The van der Waals surface area contributed by atoms with Gasteiger partial charge in [0.25, 0.3) is 0 Å². The molecular formula is C13H13N5. The van der Waals surface area contributed by atoms with Crippen molar-refractivity contribution in [3.05, 3.63) is 48.4 Å². The highest BCUT2D eigenvalue weighted by Gasteiger charge is 2.03. The smallest absolute Gasteiger partial charge is 0.0844 e. The third kappa shape index (κ3) is 1.96. The molecule has 90 valence electrons. The minimum atomic E-state index is 0.584. The van der Waals surface area contributed by atoms with Gasteiger partial charge in [0.1, 0.15) is 0 Å². The van der Waals surface area contributed by atoms with Gasteiger partial charge in [-0.3, -0.25) is 4.98 Å². The molecule has 0 bridgehead atoms. The standard InChI is InChI=1S/C13H13N5/c14-6-5-11-9-18(17-16-11)12-3-4-13-10(8-12)2-1-7-15-13/h1-4,7-9H,5-6,14H2. The molecule has 0 amide bonds. The molecule has 5 nitrogen and oxygen atoms in total. The lowest BCUT2D eigenvalue weighted by Gasteiger charge is -2.01. The van der Waals surface area contributed by atoms with Crippen LogP contribution >= 0.6 is 0 Å². The van der Waals surface area contributed by atoms with Crippen molar-refractivity contribution >= 4 is 10.9 Å². The van der Waals surface area contributed by atoms with E-state index in [4.69, 9.17) is 5.73 Å². The van der Waals surface area contributed by atoms with Gasteiger partial charge < -0.3 is 5.73 Å². The van der Waals surface area contributed by atoms with Gasteiger partial charge in [-0.1, -0.05) is 11.3 Å². The van der Waals surface area contributed by atoms with Crippen molar-refractivity contribution in [3.8, 4) is 5.69 Å². The number of pyridine rings is 1. The van der Waals surface area contributed by atoms with Crippen LogP contribution in [0.25, 0.3) is 16.6 Å². The maximum Gasteiger partial charge on any atom is 0.0844 e. The molecule has 0 spiro atoms. The van der Waals surface area contributed by atoms with E-state index in [1.165, 1.54) is 0 Å². The van der Waals surface area contributed by atoms with Crippen LogP contribution < -0.4 is 5.73 Å². The summed E-state index contributed by atoms with van der Waals surface area (Å²) in [5.74, 6) is 0. The zero-order valence-electron chi connectivity index (χ0n) is 9.82. The van der Waals surface area contributed by atoms with Crippen LogP contribution in [0.5, 0.6) is 0 Å². The van der Waals surface area contributed by atoms with Crippen LogP contribution in [0.15, 0.2) is 42.7 Å². The Labute approximate surface area is 104 Å². The second-order valence-electron chi connectivity index (χ2n) is 4.07. The topological polar surface area (TPSA) is 69.6 Å². The number of rotatable bonds is 3. The van der Waals surface area contributed by atoms with Crippen molar-refractivity contribution in [2.45, 2.75) is 6.42 Å². The van der Waals surface area contributed by atoms with Crippen LogP contribution in [0.1, 0.15) is 5.69 Å². The summed E-state index contributed by atoms with van der Waals surface area (Å²) in [6, 6.07) is 9.96. The van der Waals surface area contributed by atoms with Crippen molar-refractivity contribution in [2.24, 2.45) is 5.73 Å². The SMILES string of the molecule is NCCc1cn(-c2ccc3ncccc3c2)nn1. The van der Waals surface area contributed by atoms with Crippen LogP contribution in [0.2, 0.25) is 0 Å². The Balaban J connectivity index is 2.02. The maximum atomic E-state index is 5.50. The molecule has 0 unspecified atom stereocenters. The summed E-state index contributed by atoms with van der Waals surface area (Å²) < 4.78 is 1.76. The molecule has 18 heavy (non-hydrogen) atoms. The van der Waals surface area contributed by atoms with Gasteiger partial charge in [-0.05, 0) is 30.8 Å². The van der Waals surface area contributed by atoms with Crippen LogP contribution in [0.3, 0.4) is 0 Å². The largest absolute Gasteiger partial charge is 0.330 e. The fourth-order valence-corrected chi connectivity index (χ4v) is 1.89. The van der Waals surface area contributed by atoms with Crippen LogP contribution in [0, 0.1) is 0 Å². The van der Waals surface area contributed by atoms with E-state index in [-0.39, 0.29) is 0 Å². The third-order valence-corrected chi connectivity index (χ3v) is 2.79. The Morgan fingerprint density at radius 1 is 1.22 bits per heavy atom. The fourth-order valence-electron chi connectivity index (χ4n) is 1.89. The van der Waals surface area contributed by atoms with Crippen molar-refractivity contribution < 1.29 is 0 Å². The lowest BCUT2D eigenvalue weighted by atomic mass is 10.2. The number of nitrogens with zero attached hydrogens (tertiary/aromatic N) is 4.